The molecule has 2 amide bonds. The van der Waals surface area contributed by atoms with E-state index in [-0.39, 0.29) is 17.9 Å². The molecule has 2 N–H and O–H groups in total. The van der Waals surface area contributed by atoms with E-state index in [1.165, 1.54) is 0 Å². The van der Waals surface area contributed by atoms with E-state index in [0.29, 0.717) is 23.6 Å². The van der Waals surface area contributed by atoms with E-state index in [1.807, 2.05) is 13.8 Å². The van der Waals surface area contributed by atoms with Gasteiger partial charge < -0.3 is 10.6 Å². The Hall–Kier alpha value is -1.55. The van der Waals surface area contributed by atoms with Crippen LogP contribution in [0.2, 0.25) is 0 Å². The number of alkyl halides is 1. The summed E-state index contributed by atoms with van der Waals surface area (Å²) in [5.74, 6) is 0.432. The van der Waals surface area contributed by atoms with Gasteiger partial charge in [-0.15, -0.1) is 11.6 Å². The molecule has 0 aliphatic heterocycles. The Bertz CT molecular complexity index is 444. The molecule has 0 spiro atoms. The van der Waals surface area contributed by atoms with E-state index >= 15 is 0 Å². The largest absolute Gasteiger partial charge is 0.350 e. The number of rotatable bonds is 7. The van der Waals surface area contributed by atoms with Gasteiger partial charge in [-0.05, 0) is 51.0 Å². The van der Waals surface area contributed by atoms with E-state index in [4.69, 9.17) is 11.6 Å². The summed E-state index contributed by atoms with van der Waals surface area (Å²) in [6.45, 7) is 3.82. The van der Waals surface area contributed by atoms with Crippen molar-refractivity contribution in [2.24, 2.45) is 0 Å². The van der Waals surface area contributed by atoms with Gasteiger partial charge >= 0.3 is 0 Å². The molecule has 0 bridgehead atoms. The third kappa shape index (κ3) is 6.06. The Morgan fingerprint density at radius 2 is 1.80 bits per heavy atom. The quantitative estimate of drug-likeness (QED) is 0.600. The summed E-state index contributed by atoms with van der Waals surface area (Å²) >= 11 is 5.56. The molecule has 0 aliphatic carbocycles. The first-order valence-electron chi connectivity index (χ1n) is 6.79. The van der Waals surface area contributed by atoms with Gasteiger partial charge in [0.05, 0.1) is 0 Å². The zero-order chi connectivity index (χ0) is 15.0. The lowest BCUT2D eigenvalue weighted by atomic mass is 10.1. The molecule has 0 radical (unpaired) electrons. The summed E-state index contributed by atoms with van der Waals surface area (Å²) in [5, 5.41) is 5.61. The SMILES string of the molecule is CC(C)NC(=O)c1ccc(NC(=O)CCCCCl)cc1. The van der Waals surface area contributed by atoms with E-state index < -0.39 is 0 Å². The second kappa shape index (κ2) is 8.59. The van der Waals surface area contributed by atoms with Crippen molar-refractivity contribution in [3.8, 4) is 0 Å². The third-order valence-corrected chi connectivity index (χ3v) is 2.91. The Morgan fingerprint density at radius 3 is 2.35 bits per heavy atom. The zero-order valence-corrected chi connectivity index (χ0v) is 12.7. The fourth-order valence-corrected chi connectivity index (χ4v) is 1.84. The second-order valence-electron chi connectivity index (χ2n) is 4.90. The molecule has 0 aromatic heterocycles. The number of halogens is 1. The van der Waals surface area contributed by atoms with Crippen LogP contribution in [0.25, 0.3) is 0 Å². The summed E-state index contributed by atoms with van der Waals surface area (Å²) in [4.78, 5) is 23.4. The van der Waals surface area contributed by atoms with Crippen LogP contribution in [0.4, 0.5) is 5.69 Å². The first-order chi connectivity index (χ1) is 9.52. The molecular weight excluding hydrogens is 276 g/mol. The minimum absolute atomic E-state index is 0.0329. The molecule has 5 heteroatoms. The van der Waals surface area contributed by atoms with Crippen molar-refractivity contribution < 1.29 is 9.59 Å². The zero-order valence-electron chi connectivity index (χ0n) is 11.9. The van der Waals surface area contributed by atoms with Crippen LogP contribution in [-0.4, -0.2) is 23.7 Å². The molecule has 0 saturated carbocycles. The highest BCUT2D eigenvalue weighted by Crippen LogP contribution is 2.11. The van der Waals surface area contributed by atoms with Crippen LogP contribution in [0.1, 0.15) is 43.5 Å². The first-order valence-corrected chi connectivity index (χ1v) is 7.33. The Balaban J connectivity index is 2.50. The lowest BCUT2D eigenvalue weighted by Gasteiger charge is -2.09. The van der Waals surface area contributed by atoms with Crippen molar-refractivity contribution in [1.29, 1.82) is 0 Å². The molecular formula is C15H21ClN2O2. The minimum Gasteiger partial charge on any atom is -0.350 e. The molecule has 110 valence electrons. The highest BCUT2D eigenvalue weighted by atomic mass is 35.5. The van der Waals surface area contributed by atoms with Crippen molar-refractivity contribution in [1.82, 2.24) is 5.32 Å². The molecule has 0 unspecified atom stereocenters. The smallest absolute Gasteiger partial charge is 0.251 e. The van der Waals surface area contributed by atoms with Crippen molar-refractivity contribution in [2.75, 3.05) is 11.2 Å². The first kappa shape index (κ1) is 16.5. The molecule has 4 nitrogen and oxygen atoms in total. The van der Waals surface area contributed by atoms with Crippen LogP contribution in [0.15, 0.2) is 24.3 Å². The van der Waals surface area contributed by atoms with Crippen molar-refractivity contribution >= 4 is 29.1 Å². The standard InChI is InChI=1S/C15H21ClN2O2/c1-11(2)17-15(20)12-6-8-13(9-7-12)18-14(19)5-3-4-10-16/h6-9,11H,3-5,10H2,1-2H3,(H,17,20)(H,18,19). The maximum absolute atomic E-state index is 11.8. The highest BCUT2D eigenvalue weighted by molar-refractivity contribution is 6.17. The third-order valence-electron chi connectivity index (χ3n) is 2.64. The fourth-order valence-electron chi connectivity index (χ4n) is 1.65. The monoisotopic (exact) mass is 296 g/mol. The van der Waals surface area contributed by atoms with Gasteiger partial charge in [0.2, 0.25) is 5.91 Å². The predicted octanol–water partition coefficient (Wildman–Crippen LogP) is 3.17. The average Bonchev–Trinajstić information content (AvgIpc) is 2.39. The van der Waals surface area contributed by atoms with Crippen molar-refractivity contribution in [3.05, 3.63) is 29.8 Å². The van der Waals surface area contributed by atoms with Gasteiger partial charge in [-0.1, -0.05) is 0 Å². The van der Waals surface area contributed by atoms with Crippen LogP contribution in [0, 0.1) is 0 Å². The van der Waals surface area contributed by atoms with Crippen LogP contribution < -0.4 is 10.6 Å². The number of hydrogen-bond acceptors (Lipinski definition) is 2. The van der Waals surface area contributed by atoms with Crippen molar-refractivity contribution in [3.63, 3.8) is 0 Å². The molecule has 20 heavy (non-hydrogen) atoms. The van der Waals surface area contributed by atoms with Gasteiger partial charge in [0, 0.05) is 29.6 Å². The second-order valence-corrected chi connectivity index (χ2v) is 5.28. The minimum atomic E-state index is -0.111. The molecule has 0 heterocycles. The van der Waals surface area contributed by atoms with Gasteiger partial charge in [0.25, 0.3) is 5.91 Å². The van der Waals surface area contributed by atoms with E-state index in [2.05, 4.69) is 10.6 Å². The number of hydrogen-bond donors (Lipinski definition) is 2. The predicted molar refractivity (Wildman–Crippen MR) is 82.2 cm³/mol. The number of carbonyl (C=O) groups excluding carboxylic acids is 2. The lowest BCUT2D eigenvalue weighted by molar-refractivity contribution is -0.116. The molecule has 1 aromatic rings. The van der Waals surface area contributed by atoms with Crippen LogP contribution in [-0.2, 0) is 4.79 Å². The highest BCUT2D eigenvalue weighted by Gasteiger charge is 2.07. The van der Waals surface area contributed by atoms with Gasteiger partial charge in [-0.2, -0.15) is 0 Å². The lowest BCUT2D eigenvalue weighted by Crippen LogP contribution is -2.29. The number of anilines is 1. The molecule has 0 fully saturated rings. The summed E-state index contributed by atoms with van der Waals surface area (Å²) in [5.41, 5.74) is 1.28. The van der Waals surface area contributed by atoms with Crippen molar-refractivity contribution in [2.45, 2.75) is 39.2 Å². The van der Waals surface area contributed by atoms with Gasteiger partial charge in [-0.3, -0.25) is 9.59 Å². The number of benzene rings is 1. The normalized spacial score (nSPS) is 10.4. The van der Waals surface area contributed by atoms with E-state index in [1.54, 1.807) is 24.3 Å². The van der Waals surface area contributed by atoms with E-state index in [9.17, 15) is 9.59 Å². The molecule has 1 aromatic carbocycles. The molecule has 0 saturated heterocycles. The summed E-state index contributed by atoms with van der Waals surface area (Å²) < 4.78 is 0. The molecule has 0 atom stereocenters. The maximum Gasteiger partial charge on any atom is 0.251 e. The number of carbonyl (C=O) groups is 2. The van der Waals surface area contributed by atoms with Gasteiger partial charge in [0.1, 0.15) is 0 Å². The topological polar surface area (TPSA) is 58.2 Å². The molecule has 0 aliphatic rings. The number of unbranched alkanes of at least 4 members (excludes halogenated alkanes) is 1. The fraction of sp³-hybridized carbons (Fsp3) is 0.467. The summed E-state index contributed by atoms with van der Waals surface area (Å²) in [6.07, 6.45) is 2.08. The van der Waals surface area contributed by atoms with Crippen LogP contribution >= 0.6 is 11.6 Å². The maximum atomic E-state index is 11.8. The Labute approximate surface area is 124 Å². The Morgan fingerprint density at radius 1 is 1.15 bits per heavy atom. The molecule has 1 rings (SSSR count). The average molecular weight is 297 g/mol. The number of amides is 2. The number of nitrogens with one attached hydrogen (secondary N) is 2. The summed E-state index contributed by atoms with van der Waals surface area (Å²) in [6, 6.07) is 6.96. The summed E-state index contributed by atoms with van der Waals surface area (Å²) in [7, 11) is 0. The van der Waals surface area contributed by atoms with Crippen LogP contribution in [0.3, 0.4) is 0 Å². The van der Waals surface area contributed by atoms with E-state index in [0.717, 1.165) is 12.8 Å². The Kier molecular flexibility index (Phi) is 7.09. The van der Waals surface area contributed by atoms with Gasteiger partial charge in [-0.25, -0.2) is 0 Å². The van der Waals surface area contributed by atoms with Gasteiger partial charge in [0.15, 0.2) is 0 Å². The van der Waals surface area contributed by atoms with Crippen LogP contribution in [0.5, 0.6) is 0 Å².